The predicted octanol–water partition coefficient (Wildman–Crippen LogP) is 2.93. The molecular formula is C17H18N4OS. The van der Waals surface area contributed by atoms with Crippen LogP contribution < -0.4 is 5.32 Å². The molecule has 0 saturated carbocycles. The van der Waals surface area contributed by atoms with Crippen molar-refractivity contribution in [1.82, 2.24) is 20.2 Å². The summed E-state index contributed by atoms with van der Waals surface area (Å²) in [5, 5.41) is 5.10. The zero-order valence-electron chi connectivity index (χ0n) is 12.7. The molecule has 118 valence electrons. The smallest absolute Gasteiger partial charge is 0.317 e. The van der Waals surface area contributed by atoms with E-state index in [1.807, 2.05) is 29.2 Å². The topological polar surface area (TPSA) is 61.0 Å². The molecule has 0 fully saturated rings. The van der Waals surface area contributed by atoms with Crippen LogP contribution in [0.4, 0.5) is 4.79 Å². The van der Waals surface area contributed by atoms with Gasteiger partial charge >= 0.3 is 6.03 Å². The minimum absolute atomic E-state index is 0.0120. The number of urea groups is 1. The first kappa shape index (κ1) is 14.3. The summed E-state index contributed by atoms with van der Waals surface area (Å²) >= 11 is 1.79. The number of benzene rings is 1. The fourth-order valence-electron chi connectivity index (χ4n) is 2.95. The number of nitrogens with zero attached hydrogens (tertiary/aromatic N) is 2. The van der Waals surface area contributed by atoms with Crippen LogP contribution in [-0.2, 0) is 19.4 Å². The number of hydrogen-bond acceptors (Lipinski definition) is 3. The number of fused-ring (bicyclic) bond motifs is 2. The van der Waals surface area contributed by atoms with Crippen molar-refractivity contribution in [3.63, 3.8) is 0 Å². The molecule has 3 heterocycles. The van der Waals surface area contributed by atoms with Crippen molar-refractivity contribution in [1.29, 1.82) is 0 Å². The van der Waals surface area contributed by atoms with E-state index in [2.05, 4.69) is 26.7 Å². The van der Waals surface area contributed by atoms with Crippen molar-refractivity contribution < 1.29 is 4.79 Å². The van der Waals surface area contributed by atoms with Gasteiger partial charge in [0.15, 0.2) is 0 Å². The van der Waals surface area contributed by atoms with Crippen LogP contribution in [0.3, 0.4) is 0 Å². The molecule has 0 bridgehead atoms. The summed E-state index contributed by atoms with van der Waals surface area (Å²) in [7, 11) is 0. The molecule has 5 nitrogen and oxygen atoms in total. The standard InChI is InChI=1S/C17H18N4OS/c22-17(21-9-6-15-12(11-21)7-10-23-15)18-8-5-16-19-13-3-1-2-4-14(13)20-16/h1-4,7,10H,5-6,8-9,11H2,(H,18,22)(H,19,20). The Morgan fingerprint density at radius 2 is 2.26 bits per heavy atom. The Bertz CT molecular complexity index is 805. The van der Waals surface area contributed by atoms with Gasteiger partial charge in [0, 0.05) is 30.9 Å². The van der Waals surface area contributed by atoms with Gasteiger partial charge in [0.1, 0.15) is 5.82 Å². The number of aromatic nitrogens is 2. The monoisotopic (exact) mass is 326 g/mol. The maximum Gasteiger partial charge on any atom is 0.317 e. The number of imidazole rings is 1. The average molecular weight is 326 g/mol. The molecule has 0 atom stereocenters. The lowest BCUT2D eigenvalue weighted by Gasteiger charge is -2.27. The maximum atomic E-state index is 12.3. The predicted molar refractivity (Wildman–Crippen MR) is 91.6 cm³/mol. The van der Waals surface area contributed by atoms with E-state index < -0.39 is 0 Å². The van der Waals surface area contributed by atoms with Crippen molar-refractivity contribution in [3.05, 3.63) is 52.0 Å². The zero-order valence-corrected chi connectivity index (χ0v) is 13.5. The lowest BCUT2D eigenvalue weighted by Crippen LogP contribution is -2.43. The van der Waals surface area contributed by atoms with E-state index in [9.17, 15) is 4.79 Å². The number of hydrogen-bond donors (Lipinski definition) is 2. The lowest BCUT2D eigenvalue weighted by atomic mass is 10.1. The van der Waals surface area contributed by atoms with Gasteiger partial charge in [-0.25, -0.2) is 9.78 Å². The molecule has 2 amide bonds. The summed E-state index contributed by atoms with van der Waals surface area (Å²) in [6, 6.07) is 10.1. The molecule has 0 spiro atoms. The summed E-state index contributed by atoms with van der Waals surface area (Å²) in [4.78, 5) is 23.4. The fraction of sp³-hybridized carbons (Fsp3) is 0.294. The van der Waals surface area contributed by atoms with Crippen molar-refractivity contribution in [3.8, 4) is 0 Å². The van der Waals surface area contributed by atoms with E-state index in [1.165, 1.54) is 10.4 Å². The number of thiophene rings is 1. The van der Waals surface area contributed by atoms with Crippen molar-refractivity contribution in [2.45, 2.75) is 19.4 Å². The van der Waals surface area contributed by atoms with Gasteiger partial charge in [-0.1, -0.05) is 12.1 Å². The third-order valence-electron chi connectivity index (χ3n) is 4.17. The second-order valence-electron chi connectivity index (χ2n) is 5.72. The molecule has 0 radical (unpaired) electrons. The van der Waals surface area contributed by atoms with Gasteiger partial charge in [-0.15, -0.1) is 11.3 Å². The van der Waals surface area contributed by atoms with E-state index in [0.29, 0.717) is 13.0 Å². The van der Waals surface area contributed by atoms with Gasteiger partial charge in [-0.05, 0) is 35.6 Å². The van der Waals surface area contributed by atoms with Gasteiger partial charge in [0.05, 0.1) is 11.0 Å². The van der Waals surface area contributed by atoms with Gasteiger partial charge in [0.25, 0.3) is 0 Å². The number of carbonyl (C=O) groups excluding carboxylic acids is 1. The molecule has 2 aromatic heterocycles. The van der Waals surface area contributed by atoms with Crippen molar-refractivity contribution in [2.24, 2.45) is 0 Å². The lowest BCUT2D eigenvalue weighted by molar-refractivity contribution is 0.193. The van der Waals surface area contributed by atoms with Crippen molar-refractivity contribution in [2.75, 3.05) is 13.1 Å². The fourth-order valence-corrected chi connectivity index (χ4v) is 3.84. The zero-order chi connectivity index (χ0) is 15.6. The highest BCUT2D eigenvalue weighted by Gasteiger charge is 2.21. The third-order valence-corrected chi connectivity index (χ3v) is 5.19. The Morgan fingerprint density at radius 3 is 3.17 bits per heavy atom. The second-order valence-corrected chi connectivity index (χ2v) is 6.72. The molecule has 1 aromatic carbocycles. The van der Waals surface area contributed by atoms with Crippen molar-refractivity contribution >= 4 is 28.4 Å². The maximum absolute atomic E-state index is 12.3. The number of H-pyrrole nitrogens is 1. The first-order valence-corrected chi connectivity index (χ1v) is 8.69. The summed E-state index contributed by atoms with van der Waals surface area (Å²) in [5.74, 6) is 0.908. The Balaban J connectivity index is 1.32. The molecule has 23 heavy (non-hydrogen) atoms. The van der Waals surface area contributed by atoms with Gasteiger partial charge in [-0.3, -0.25) is 0 Å². The Morgan fingerprint density at radius 1 is 1.35 bits per heavy atom. The summed E-state index contributed by atoms with van der Waals surface area (Å²) in [6.07, 6.45) is 1.67. The van der Waals surface area contributed by atoms with Crippen LogP contribution in [0.5, 0.6) is 0 Å². The SMILES string of the molecule is O=C(NCCc1nc2ccccc2[nH]1)N1CCc2sccc2C1. The van der Waals surface area contributed by atoms with E-state index >= 15 is 0 Å². The third kappa shape index (κ3) is 2.94. The highest BCUT2D eigenvalue weighted by molar-refractivity contribution is 7.10. The molecule has 1 aliphatic heterocycles. The van der Waals surface area contributed by atoms with E-state index in [4.69, 9.17) is 0 Å². The number of amides is 2. The van der Waals surface area contributed by atoms with E-state index in [-0.39, 0.29) is 6.03 Å². The molecule has 4 rings (SSSR count). The van der Waals surface area contributed by atoms with Gasteiger partial charge in [-0.2, -0.15) is 0 Å². The first-order chi connectivity index (χ1) is 11.3. The number of carbonyl (C=O) groups is 1. The molecule has 6 heteroatoms. The number of aromatic amines is 1. The Hall–Kier alpha value is -2.34. The second kappa shape index (κ2) is 6.04. The highest BCUT2D eigenvalue weighted by atomic mass is 32.1. The van der Waals surface area contributed by atoms with Crippen LogP contribution in [-0.4, -0.2) is 34.0 Å². The Kier molecular flexibility index (Phi) is 3.75. The summed E-state index contributed by atoms with van der Waals surface area (Å²) in [6.45, 7) is 2.10. The van der Waals surface area contributed by atoms with Crippen LogP contribution >= 0.6 is 11.3 Å². The number of rotatable bonds is 3. The summed E-state index contributed by atoms with van der Waals surface area (Å²) in [5.41, 5.74) is 3.29. The quantitative estimate of drug-likeness (QED) is 0.777. The van der Waals surface area contributed by atoms with E-state index in [0.717, 1.165) is 36.4 Å². The van der Waals surface area contributed by atoms with Crippen LogP contribution in [0, 0.1) is 0 Å². The Labute approximate surface area is 138 Å². The van der Waals surface area contributed by atoms with Crippen LogP contribution in [0.1, 0.15) is 16.3 Å². The normalized spacial score (nSPS) is 14.0. The number of para-hydroxylation sites is 2. The minimum Gasteiger partial charge on any atom is -0.342 e. The molecule has 0 aliphatic carbocycles. The molecule has 0 saturated heterocycles. The molecule has 2 N–H and O–H groups in total. The first-order valence-electron chi connectivity index (χ1n) is 7.81. The minimum atomic E-state index is 0.0120. The van der Waals surface area contributed by atoms with E-state index in [1.54, 1.807) is 11.3 Å². The van der Waals surface area contributed by atoms with Gasteiger partial charge < -0.3 is 15.2 Å². The molecule has 3 aromatic rings. The van der Waals surface area contributed by atoms with Crippen LogP contribution in [0.2, 0.25) is 0 Å². The van der Waals surface area contributed by atoms with Crippen LogP contribution in [0.25, 0.3) is 11.0 Å². The van der Waals surface area contributed by atoms with Crippen LogP contribution in [0.15, 0.2) is 35.7 Å². The highest BCUT2D eigenvalue weighted by Crippen LogP contribution is 2.23. The van der Waals surface area contributed by atoms with Gasteiger partial charge in [0.2, 0.25) is 0 Å². The number of nitrogens with one attached hydrogen (secondary N) is 2. The largest absolute Gasteiger partial charge is 0.342 e. The molecule has 1 aliphatic rings. The molecular weight excluding hydrogens is 308 g/mol. The molecule has 0 unspecified atom stereocenters. The summed E-state index contributed by atoms with van der Waals surface area (Å²) < 4.78 is 0. The average Bonchev–Trinajstić information content (AvgIpc) is 3.19.